The van der Waals surface area contributed by atoms with Gasteiger partial charge in [0.25, 0.3) is 0 Å². The lowest BCUT2D eigenvalue weighted by Crippen LogP contribution is -2.46. The Morgan fingerprint density at radius 2 is 1.68 bits per heavy atom. The first kappa shape index (κ1) is 15.7. The molecule has 0 bridgehead atoms. The van der Waals surface area contributed by atoms with Crippen LogP contribution >= 0.6 is 15.9 Å². The number of rotatable bonds is 5. The van der Waals surface area contributed by atoms with E-state index >= 15 is 0 Å². The van der Waals surface area contributed by atoms with Crippen molar-refractivity contribution in [2.45, 2.75) is 20.0 Å². The van der Waals surface area contributed by atoms with Gasteiger partial charge in [-0.15, -0.1) is 0 Å². The molecule has 0 N–H and O–H groups in total. The fourth-order valence-electron chi connectivity index (χ4n) is 2.91. The lowest BCUT2D eigenvalue weighted by Gasteiger charge is -2.34. The van der Waals surface area contributed by atoms with E-state index in [4.69, 9.17) is 0 Å². The summed E-state index contributed by atoms with van der Waals surface area (Å²) in [6, 6.07) is 8.66. The minimum absolute atomic E-state index is 1.04. The Morgan fingerprint density at radius 3 is 2.32 bits per heavy atom. The maximum absolute atomic E-state index is 4.28. The van der Waals surface area contributed by atoms with Gasteiger partial charge in [0.2, 0.25) is 0 Å². The Bertz CT molecular complexity index is 585. The van der Waals surface area contributed by atoms with Gasteiger partial charge in [0.05, 0.1) is 0 Å². The van der Waals surface area contributed by atoms with Crippen molar-refractivity contribution >= 4 is 15.9 Å². The van der Waals surface area contributed by atoms with E-state index in [9.17, 15) is 0 Å². The van der Waals surface area contributed by atoms with Crippen LogP contribution in [0.1, 0.15) is 11.4 Å². The summed E-state index contributed by atoms with van der Waals surface area (Å²) in [5.41, 5.74) is 1.39. The molecular formula is C17H23BrN4. The van der Waals surface area contributed by atoms with Crippen LogP contribution in [0.3, 0.4) is 0 Å². The van der Waals surface area contributed by atoms with Crippen LogP contribution in [0.25, 0.3) is 0 Å². The number of benzene rings is 1. The van der Waals surface area contributed by atoms with Gasteiger partial charge in [0.15, 0.2) is 0 Å². The minimum atomic E-state index is 1.04. The molecule has 4 nitrogen and oxygen atoms in total. The number of aryl methyl sites for hydroxylation is 1. The molecule has 0 amide bonds. The third-order valence-electron chi connectivity index (χ3n) is 4.37. The Labute approximate surface area is 140 Å². The second-order valence-electron chi connectivity index (χ2n) is 5.91. The molecular weight excluding hydrogens is 340 g/mol. The summed E-state index contributed by atoms with van der Waals surface area (Å²) in [6.07, 6.45) is 3.95. The van der Waals surface area contributed by atoms with Gasteiger partial charge < -0.3 is 4.57 Å². The number of hydrogen-bond acceptors (Lipinski definition) is 3. The number of imidazole rings is 1. The van der Waals surface area contributed by atoms with Gasteiger partial charge in [-0.3, -0.25) is 9.80 Å². The van der Waals surface area contributed by atoms with E-state index in [1.807, 2.05) is 6.20 Å². The largest absolute Gasteiger partial charge is 0.334 e. The molecule has 5 heteroatoms. The normalized spacial score (nSPS) is 17.0. The molecule has 0 unspecified atom stereocenters. The summed E-state index contributed by atoms with van der Waals surface area (Å²) in [6.45, 7) is 9.90. The first-order chi connectivity index (χ1) is 10.7. The fourth-order valence-corrected chi connectivity index (χ4v) is 3.17. The van der Waals surface area contributed by atoms with E-state index in [-0.39, 0.29) is 0 Å². The molecule has 1 aromatic heterocycles. The van der Waals surface area contributed by atoms with Crippen LogP contribution < -0.4 is 0 Å². The van der Waals surface area contributed by atoms with E-state index in [2.05, 4.69) is 72.7 Å². The van der Waals surface area contributed by atoms with Crippen LogP contribution in [0.4, 0.5) is 0 Å². The van der Waals surface area contributed by atoms with Gasteiger partial charge in [0.1, 0.15) is 5.82 Å². The zero-order valence-corrected chi connectivity index (χ0v) is 14.7. The monoisotopic (exact) mass is 362 g/mol. The molecule has 1 aliphatic heterocycles. The van der Waals surface area contributed by atoms with Crippen molar-refractivity contribution in [3.63, 3.8) is 0 Å². The van der Waals surface area contributed by atoms with Crippen molar-refractivity contribution in [1.82, 2.24) is 19.4 Å². The average Bonchev–Trinajstić information content (AvgIpc) is 2.94. The Kier molecular flexibility index (Phi) is 5.28. The van der Waals surface area contributed by atoms with Gasteiger partial charge in [0, 0.05) is 62.7 Å². The van der Waals surface area contributed by atoms with Crippen LogP contribution in [0.2, 0.25) is 0 Å². The molecule has 22 heavy (non-hydrogen) atoms. The number of halogens is 1. The summed E-state index contributed by atoms with van der Waals surface area (Å²) in [7, 11) is 0. The van der Waals surface area contributed by atoms with Crippen molar-refractivity contribution in [3.8, 4) is 0 Å². The van der Waals surface area contributed by atoms with Gasteiger partial charge in [-0.05, 0) is 24.6 Å². The molecule has 0 saturated carbocycles. The minimum Gasteiger partial charge on any atom is -0.334 e. The predicted octanol–water partition coefficient (Wildman–Crippen LogP) is 2.77. The van der Waals surface area contributed by atoms with Crippen LogP contribution in [-0.4, -0.2) is 52.1 Å². The third-order valence-corrected chi connectivity index (χ3v) is 4.89. The van der Waals surface area contributed by atoms with E-state index in [0.717, 1.165) is 56.1 Å². The molecule has 1 aliphatic rings. The van der Waals surface area contributed by atoms with Crippen molar-refractivity contribution in [1.29, 1.82) is 0 Å². The molecule has 2 heterocycles. The number of hydrogen-bond donors (Lipinski definition) is 0. The predicted molar refractivity (Wildman–Crippen MR) is 92.8 cm³/mol. The summed E-state index contributed by atoms with van der Waals surface area (Å²) in [5, 5.41) is 0. The van der Waals surface area contributed by atoms with Crippen LogP contribution in [-0.2, 0) is 13.1 Å². The zero-order chi connectivity index (χ0) is 15.4. The molecule has 1 saturated heterocycles. The maximum atomic E-state index is 4.28. The highest BCUT2D eigenvalue weighted by atomic mass is 79.9. The molecule has 0 radical (unpaired) electrons. The number of aromatic nitrogens is 2. The number of piperazine rings is 1. The summed E-state index contributed by atoms with van der Waals surface area (Å²) in [4.78, 5) is 9.38. The molecule has 0 aliphatic carbocycles. The quantitative estimate of drug-likeness (QED) is 0.817. The topological polar surface area (TPSA) is 24.3 Å². The van der Waals surface area contributed by atoms with Crippen molar-refractivity contribution < 1.29 is 0 Å². The van der Waals surface area contributed by atoms with Crippen molar-refractivity contribution in [2.75, 3.05) is 32.7 Å². The van der Waals surface area contributed by atoms with Crippen LogP contribution in [0.15, 0.2) is 41.1 Å². The Morgan fingerprint density at radius 1 is 1.00 bits per heavy atom. The number of nitrogens with zero attached hydrogens (tertiary/aromatic N) is 4. The molecule has 3 rings (SSSR count). The van der Waals surface area contributed by atoms with Gasteiger partial charge in [-0.1, -0.05) is 28.1 Å². The summed E-state index contributed by atoms with van der Waals surface area (Å²) >= 11 is 3.49. The summed E-state index contributed by atoms with van der Waals surface area (Å²) < 4.78 is 3.38. The van der Waals surface area contributed by atoms with E-state index < -0.39 is 0 Å². The smallest absolute Gasteiger partial charge is 0.105 e. The molecule has 0 spiro atoms. The molecule has 2 aromatic rings. The van der Waals surface area contributed by atoms with Crippen LogP contribution in [0.5, 0.6) is 0 Å². The second-order valence-corrected chi connectivity index (χ2v) is 6.83. The third kappa shape index (κ3) is 4.18. The lowest BCUT2D eigenvalue weighted by atomic mass is 10.2. The maximum Gasteiger partial charge on any atom is 0.105 e. The first-order valence-corrected chi connectivity index (χ1v) is 8.67. The average molecular weight is 363 g/mol. The van der Waals surface area contributed by atoms with E-state index in [0.29, 0.717) is 0 Å². The van der Waals surface area contributed by atoms with Gasteiger partial charge >= 0.3 is 0 Å². The Hall–Kier alpha value is -1.17. The van der Waals surface area contributed by atoms with Gasteiger partial charge in [-0.2, -0.15) is 0 Å². The highest BCUT2D eigenvalue weighted by Gasteiger charge is 2.16. The zero-order valence-electron chi connectivity index (χ0n) is 13.1. The second kappa shape index (κ2) is 7.40. The molecule has 1 fully saturated rings. The Balaban J connectivity index is 1.42. The van der Waals surface area contributed by atoms with Crippen LogP contribution in [0, 0.1) is 6.92 Å². The highest BCUT2D eigenvalue weighted by molar-refractivity contribution is 9.10. The first-order valence-electron chi connectivity index (χ1n) is 7.87. The van der Waals surface area contributed by atoms with Crippen molar-refractivity contribution in [2.24, 2.45) is 0 Å². The standard InChI is InChI=1S/C17H23BrN4/c1-15-19-6-7-22(15)13-12-20-8-10-21(11-9-20)14-16-2-4-17(18)5-3-16/h2-7H,8-14H2,1H3. The fraction of sp³-hybridized carbons (Fsp3) is 0.471. The van der Waals surface area contributed by atoms with Crippen molar-refractivity contribution in [3.05, 3.63) is 52.5 Å². The molecule has 1 aromatic carbocycles. The SMILES string of the molecule is Cc1nccn1CCN1CCN(Cc2ccc(Br)cc2)CC1. The molecule has 0 atom stereocenters. The summed E-state index contributed by atoms with van der Waals surface area (Å²) in [5.74, 6) is 1.11. The highest BCUT2D eigenvalue weighted by Crippen LogP contribution is 2.13. The molecule has 118 valence electrons. The lowest BCUT2D eigenvalue weighted by molar-refractivity contribution is 0.124. The van der Waals surface area contributed by atoms with E-state index in [1.165, 1.54) is 5.56 Å². The van der Waals surface area contributed by atoms with E-state index in [1.54, 1.807) is 0 Å². The van der Waals surface area contributed by atoms with Gasteiger partial charge in [-0.25, -0.2) is 4.98 Å².